The van der Waals surface area contributed by atoms with E-state index in [1.54, 1.807) is 7.11 Å². The van der Waals surface area contributed by atoms with E-state index in [1.807, 2.05) is 36.0 Å². The van der Waals surface area contributed by atoms with Gasteiger partial charge in [-0.05, 0) is 17.7 Å². The first-order chi connectivity index (χ1) is 7.27. The Balaban J connectivity index is 2.74. The summed E-state index contributed by atoms with van der Waals surface area (Å²) in [6, 6.07) is 8.05. The molecule has 0 bridgehead atoms. The molecule has 0 aliphatic heterocycles. The molecule has 0 saturated carbocycles. The van der Waals surface area contributed by atoms with Gasteiger partial charge in [0, 0.05) is 18.6 Å². The Hall–Kier alpha value is -1.95. The van der Waals surface area contributed by atoms with Gasteiger partial charge in [0.1, 0.15) is 5.75 Å². The Labute approximate surface area is 88.5 Å². The second-order valence-corrected chi connectivity index (χ2v) is 3.45. The van der Waals surface area contributed by atoms with Crippen LogP contribution in [0.2, 0.25) is 0 Å². The van der Waals surface area contributed by atoms with Crippen LogP contribution in [0, 0.1) is 11.3 Å². The van der Waals surface area contributed by atoms with Crippen LogP contribution in [0.15, 0.2) is 24.4 Å². The van der Waals surface area contributed by atoms with E-state index >= 15 is 0 Å². The van der Waals surface area contributed by atoms with Gasteiger partial charge in [0.05, 0.1) is 25.1 Å². The van der Waals surface area contributed by atoms with E-state index in [0.717, 1.165) is 22.2 Å². The van der Waals surface area contributed by atoms with E-state index in [1.165, 1.54) is 0 Å². The lowest BCUT2D eigenvalue weighted by Crippen LogP contribution is -1.92. The molecule has 1 heterocycles. The van der Waals surface area contributed by atoms with E-state index in [0.29, 0.717) is 6.42 Å². The van der Waals surface area contributed by atoms with Gasteiger partial charge in [-0.15, -0.1) is 0 Å². The number of methoxy groups -OCH3 is 1. The van der Waals surface area contributed by atoms with Crippen LogP contribution in [0.3, 0.4) is 0 Å². The Morgan fingerprint density at radius 1 is 1.40 bits per heavy atom. The van der Waals surface area contributed by atoms with Crippen molar-refractivity contribution in [2.75, 3.05) is 7.11 Å². The summed E-state index contributed by atoms with van der Waals surface area (Å²) in [4.78, 5) is 0. The first-order valence-corrected chi connectivity index (χ1v) is 4.75. The Morgan fingerprint density at radius 2 is 2.20 bits per heavy atom. The summed E-state index contributed by atoms with van der Waals surface area (Å²) in [5, 5.41) is 9.82. The van der Waals surface area contributed by atoms with Crippen molar-refractivity contribution in [2.45, 2.75) is 6.42 Å². The third kappa shape index (κ3) is 1.44. The molecule has 3 nitrogen and oxygen atoms in total. The van der Waals surface area contributed by atoms with Crippen molar-refractivity contribution >= 4 is 10.9 Å². The SMILES string of the molecule is COc1ccc(CC#N)c2ccn(C)c12. The molecule has 0 N–H and O–H groups in total. The van der Waals surface area contributed by atoms with Crippen LogP contribution in [0.5, 0.6) is 5.75 Å². The molecule has 0 unspecified atom stereocenters. The summed E-state index contributed by atoms with van der Waals surface area (Å²) >= 11 is 0. The number of benzene rings is 1. The number of hydrogen-bond donors (Lipinski definition) is 0. The molecule has 15 heavy (non-hydrogen) atoms. The molecule has 76 valence electrons. The third-order valence-electron chi connectivity index (χ3n) is 2.58. The minimum atomic E-state index is 0.435. The molecule has 0 spiro atoms. The highest BCUT2D eigenvalue weighted by Crippen LogP contribution is 2.29. The molecule has 0 amide bonds. The van der Waals surface area contributed by atoms with Gasteiger partial charge < -0.3 is 9.30 Å². The van der Waals surface area contributed by atoms with E-state index in [2.05, 4.69) is 6.07 Å². The second-order valence-electron chi connectivity index (χ2n) is 3.45. The van der Waals surface area contributed by atoms with Crippen LogP contribution in [-0.2, 0) is 13.5 Å². The summed E-state index contributed by atoms with van der Waals surface area (Å²) in [7, 11) is 3.63. The Kier molecular flexibility index (Phi) is 2.34. The monoisotopic (exact) mass is 200 g/mol. The maximum atomic E-state index is 8.72. The van der Waals surface area contributed by atoms with Gasteiger partial charge in [0.25, 0.3) is 0 Å². The predicted octanol–water partition coefficient (Wildman–Crippen LogP) is 2.25. The number of fused-ring (bicyclic) bond motifs is 1. The molecule has 2 rings (SSSR count). The van der Waals surface area contributed by atoms with Gasteiger partial charge in [-0.2, -0.15) is 5.26 Å². The van der Waals surface area contributed by atoms with Crippen molar-refractivity contribution < 1.29 is 4.74 Å². The summed E-state index contributed by atoms with van der Waals surface area (Å²) in [6.07, 6.45) is 2.42. The van der Waals surface area contributed by atoms with Crippen molar-refractivity contribution in [3.05, 3.63) is 30.0 Å². The standard InChI is InChI=1S/C12H12N2O/c1-14-8-6-10-9(5-7-13)3-4-11(15-2)12(10)14/h3-4,6,8H,5H2,1-2H3. The average molecular weight is 200 g/mol. The maximum Gasteiger partial charge on any atom is 0.143 e. The van der Waals surface area contributed by atoms with Gasteiger partial charge >= 0.3 is 0 Å². The molecule has 0 aliphatic rings. The fourth-order valence-electron chi connectivity index (χ4n) is 1.84. The molecule has 1 aromatic heterocycles. The number of aryl methyl sites for hydroxylation is 1. The van der Waals surface area contributed by atoms with E-state index < -0.39 is 0 Å². The number of hydrogen-bond acceptors (Lipinski definition) is 2. The van der Waals surface area contributed by atoms with Crippen LogP contribution in [0.25, 0.3) is 10.9 Å². The van der Waals surface area contributed by atoms with E-state index in [-0.39, 0.29) is 0 Å². The summed E-state index contributed by atoms with van der Waals surface area (Å²) in [5.74, 6) is 0.846. The highest BCUT2D eigenvalue weighted by atomic mass is 16.5. The Morgan fingerprint density at radius 3 is 2.87 bits per heavy atom. The molecule has 0 atom stereocenters. The first-order valence-electron chi connectivity index (χ1n) is 4.75. The predicted molar refractivity (Wildman–Crippen MR) is 58.8 cm³/mol. The third-order valence-corrected chi connectivity index (χ3v) is 2.58. The van der Waals surface area contributed by atoms with Crippen LogP contribution < -0.4 is 4.74 Å². The van der Waals surface area contributed by atoms with Gasteiger partial charge in [0.15, 0.2) is 0 Å². The zero-order valence-electron chi connectivity index (χ0n) is 8.82. The number of aromatic nitrogens is 1. The van der Waals surface area contributed by atoms with Gasteiger partial charge in [-0.25, -0.2) is 0 Å². The number of ether oxygens (including phenoxy) is 1. The lowest BCUT2D eigenvalue weighted by molar-refractivity contribution is 0.418. The summed E-state index contributed by atoms with van der Waals surface area (Å²) < 4.78 is 7.30. The van der Waals surface area contributed by atoms with Crippen molar-refractivity contribution in [1.29, 1.82) is 5.26 Å². The summed E-state index contributed by atoms with van der Waals surface area (Å²) in [6.45, 7) is 0. The van der Waals surface area contributed by atoms with E-state index in [4.69, 9.17) is 10.00 Å². The zero-order chi connectivity index (χ0) is 10.8. The number of nitriles is 1. The topological polar surface area (TPSA) is 37.9 Å². The largest absolute Gasteiger partial charge is 0.495 e. The van der Waals surface area contributed by atoms with Crippen LogP contribution in [0.1, 0.15) is 5.56 Å². The van der Waals surface area contributed by atoms with Crippen molar-refractivity contribution in [1.82, 2.24) is 4.57 Å². The molecular formula is C12H12N2O. The fourth-order valence-corrected chi connectivity index (χ4v) is 1.84. The molecular weight excluding hydrogens is 188 g/mol. The lowest BCUT2D eigenvalue weighted by atomic mass is 10.1. The molecule has 0 fully saturated rings. The fraction of sp³-hybridized carbons (Fsp3) is 0.250. The van der Waals surface area contributed by atoms with Gasteiger partial charge in [0.2, 0.25) is 0 Å². The summed E-state index contributed by atoms with van der Waals surface area (Å²) in [5.41, 5.74) is 2.10. The van der Waals surface area contributed by atoms with Gasteiger partial charge in [-0.3, -0.25) is 0 Å². The smallest absolute Gasteiger partial charge is 0.143 e. The molecule has 3 heteroatoms. The highest BCUT2D eigenvalue weighted by molar-refractivity contribution is 5.89. The maximum absolute atomic E-state index is 8.72. The van der Waals surface area contributed by atoms with Crippen molar-refractivity contribution in [3.8, 4) is 11.8 Å². The van der Waals surface area contributed by atoms with E-state index in [9.17, 15) is 0 Å². The Bertz CT molecular complexity index is 534. The van der Waals surface area contributed by atoms with Crippen molar-refractivity contribution in [3.63, 3.8) is 0 Å². The van der Waals surface area contributed by atoms with Gasteiger partial charge in [-0.1, -0.05) is 6.07 Å². The normalized spacial score (nSPS) is 10.2. The average Bonchev–Trinajstić information content (AvgIpc) is 2.63. The minimum absolute atomic E-state index is 0.435. The molecule has 0 aliphatic carbocycles. The number of rotatable bonds is 2. The van der Waals surface area contributed by atoms with Crippen molar-refractivity contribution in [2.24, 2.45) is 7.05 Å². The highest BCUT2D eigenvalue weighted by Gasteiger charge is 2.08. The quantitative estimate of drug-likeness (QED) is 0.745. The molecule has 1 aromatic carbocycles. The minimum Gasteiger partial charge on any atom is -0.495 e. The first kappa shape index (κ1) is 9.60. The van der Waals surface area contributed by atoms with Crippen LogP contribution in [-0.4, -0.2) is 11.7 Å². The second kappa shape index (κ2) is 3.66. The zero-order valence-corrected chi connectivity index (χ0v) is 8.82. The molecule has 0 saturated heterocycles. The molecule has 0 radical (unpaired) electrons. The van der Waals surface area contributed by atoms with Crippen LogP contribution >= 0.6 is 0 Å². The van der Waals surface area contributed by atoms with Crippen LogP contribution in [0.4, 0.5) is 0 Å². The lowest BCUT2D eigenvalue weighted by Gasteiger charge is -2.06. The number of nitrogens with zero attached hydrogens (tertiary/aromatic N) is 2. The molecule has 2 aromatic rings.